The van der Waals surface area contributed by atoms with Gasteiger partial charge in [0.15, 0.2) is 0 Å². The first-order chi connectivity index (χ1) is 11.1. The van der Waals surface area contributed by atoms with Crippen LogP contribution in [0.4, 0.5) is 0 Å². The Morgan fingerprint density at radius 3 is 2.65 bits per heavy atom. The van der Waals surface area contributed by atoms with Crippen molar-refractivity contribution in [2.75, 3.05) is 32.8 Å². The lowest BCUT2D eigenvalue weighted by molar-refractivity contribution is -0.0340. The molecule has 0 atom stereocenters. The van der Waals surface area contributed by atoms with Gasteiger partial charge in [-0.05, 0) is 44.1 Å². The monoisotopic (exact) mass is 317 g/mol. The van der Waals surface area contributed by atoms with Crippen LogP contribution in [0.15, 0.2) is 18.2 Å². The molecule has 3 rings (SSSR count). The van der Waals surface area contributed by atoms with Gasteiger partial charge in [0.25, 0.3) is 0 Å². The number of aryl methyl sites for hydroxylation is 1. The average molecular weight is 317 g/mol. The first-order valence-corrected chi connectivity index (χ1v) is 8.69. The SMILES string of the molecule is Cc1ccc(C=O)c(C2(O)CCN(CC3CCOCC3)CC2)c1. The topological polar surface area (TPSA) is 49.8 Å². The lowest BCUT2D eigenvalue weighted by Crippen LogP contribution is -2.45. The molecule has 2 fully saturated rings. The maximum Gasteiger partial charge on any atom is 0.150 e. The Kier molecular flexibility index (Phi) is 5.14. The number of nitrogens with zero attached hydrogens (tertiary/aromatic N) is 1. The molecule has 0 amide bonds. The van der Waals surface area contributed by atoms with Crippen molar-refractivity contribution < 1.29 is 14.6 Å². The fourth-order valence-electron chi connectivity index (χ4n) is 3.84. The molecule has 0 spiro atoms. The number of benzene rings is 1. The van der Waals surface area contributed by atoms with Crippen LogP contribution in [0.1, 0.15) is 47.2 Å². The van der Waals surface area contributed by atoms with Gasteiger partial charge in [-0.1, -0.05) is 23.8 Å². The van der Waals surface area contributed by atoms with Gasteiger partial charge in [-0.3, -0.25) is 4.79 Å². The van der Waals surface area contributed by atoms with Gasteiger partial charge in [-0.15, -0.1) is 0 Å². The van der Waals surface area contributed by atoms with Crippen molar-refractivity contribution >= 4 is 6.29 Å². The Morgan fingerprint density at radius 2 is 2.00 bits per heavy atom. The zero-order valence-corrected chi connectivity index (χ0v) is 14.0. The van der Waals surface area contributed by atoms with E-state index in [1.807, 2.05) is 25.1 Å². The van der Waals surface area contributed by atoms with Gasteiger partial charge in [-0.25, -0.2) is 0 Å². The molecule has 126 valence electrons. The van der Waals surface area contributed by atoms with Gasteiger partial charge in [0, 0.05) is 38.4 Å². The Morgan fingerprint density at radius 1 is 1.30 bits per heavy atom. The zero-order chi connectivity index (χ0) is 16.3. The number of aldehydes is 1. The molecule has 2 aliphatic rings. The van der Waals surface area contributed by atoms with Crippen molar-refractivity contribution in [1.82, 2.24) is 4.90 Å². The highest BCUT2D eigenvalue weighted by Crippen LogP contribution is 2.35. The lowest BCUT2D eigenvalue weighted by Gasteiger charge is -2.40. The third kappa shape index (κ3) is 3.82. The molecule has 1 aromatic rings. The van der Waals surface area contributed by atoms with E-state index < -0.39 is 5.60 Å². The van der Waals surface area contributed by atoms with E-state index in [0.29, 0.717) is 18.4 Å². The van der Waals surface area contributed by atoms with Gasteiger partial charge in [0.1, 0.15) is 6.29 Å². The summed E-state index contributed by atoms with van der Waals surface area (Å²) in [5.74, 6) is 0.722. The van der Waals surface area contributed by atoms with Crippen molar-refractivity contribution in [1.29, 1.82) is 0 Å². The molecule has 1 aromatic carbocycles. The third-order valence-electron chi connectivity index (χ3n) is 5.38. The second kappa shape index (κ2) is 7.12. The third-order valence-corrected chi connectivity index (χ3v) is 5.38. The number of ether oxygens (including phenoxy) is 1. The summed E-state index contributed by atoms with van der Waals surface area (Å²) in [6.45, 7) is 6.65. The Bertz CT molecular complexity index is 544. The van der Waals surface area contributed by atoms with E-state index in [2.05, 4.69) is 4.90 Å². The second-order valence-electron chi connectivity index (χ2n) is 7.10. The summed E-state index contributed by atoms with van der Waals surface area (Å²) < 4.78 is 5.42. The Hall–Kier alpha value is -1.23. The predicted octanol–water partition coefficient (Wildman–Crippen LogP) is 2.52. The summed E-state index contributed by atoms with van der Waals surface area (Å²) in [6.07, 6.45) is 4.55. The van der Waals surface area contributed by atoms with E-state index in [0.717, 1.165) is 69.0 Å². The van der Waals surface area contributed by atoms with Crippen LogP contribution in [0.3, 0.4) is 0 Å². The minimum absolute atomic E-state index is 0.621. The van der Waals surface area contributed by atoms with Crippen molar-refractivity contribution in [3.05, 3.63) is 34.9 Å². The van der Waals surface area contributed by atoms with Crippen LogP contribution in [0.25, 0.3) is 0 Å². The van der Waals surface area contributed by atoms with Gasteiger partial charge in [0.2, 0.25) is 0 Å². The number of carbonyl (C=O) groups is 1. The highest BCUT2D eigenvalue weighted by Gasteiger charge is 2.36. The summed E-state index contributed by atoms with van der Waals surface area (Å²) in [5.41, 5.74) is 1.65. The molecule has 0 saturated carbocycles. The fraction of sp³-hybridized carbons (Fsp3) is 0.632. The van der Waals surface area contributed by atoms with E-state index in [-0.39, 0.29) is 0 Å². The molecule has 0 bridgehead atoms. The van der Waals surface area contributed by atoms with Crippen LogP contribution in [-0.4, -0.2) is 49.1 Å². The van der Waals surface area contributed by atoms with Gasteiger partial charge in [0.05, 0.1) is 5.60 Å². The first-order valence-electron chi connectivity index (χ1n) is 8.69. The van der Waals surface area contributed by atoms with E-state index >= 15 is 0 Å². The molecule has 2 aliphatic heterocycles. The summed E-state index contributed by atoms with van der Waals surface area (Å²) in [6, 6.07) is 5.72. The Labute approximate surface area is 138 Å². The molecule has 0 unspecified atom stereocenters. The predicted molar refractivity (Wildman–Crippen MR) is 89.7 cm³/mol. The fourth-order valence-corrected chi connectivity index (χ4v) is 3.84. The first kappa shape index (κ1) is 16.6. The van der Waals surface area contributed by atoms with E-state index in [4.69, 9.17) is 4.74 Å². The number of piperidine rings is 1. The van der Waals surface area contributed by atoms with Crippen molar-refractivity contribution in [3.8, 4) is 0 Å². The number of hydrogen-bond acceptors (Lipinski definition) is 4. The molecule has 0 aromatic heterocycles. The van der Waals surface area contributed by atoms with Gasteiger partial charge < -0.3 is 14.7 Å². The smallest absolute Gasteiger partial charge is 0.150 e. The van der Waals surface area contributed by atoms with Gasteiger partial charge >= 0.3 is 0 Å². The van der Waals surface area contributed by atoms with Crippen molar-refractivity contribution in [2.45, 2.75) is 38.2 Å². The molecule has 23 heavy (non-hydrogen) atoms. The Balaban J connectivity index is 1.65. The summed E-state index contributed by atoms with van der Waals surface area (Å²) in [4.78, 5) is 13.8. The van der Waals surface area contributed by atoms with Crippen molar-refractivity contribution in [3.63, 3.8) is 0 Å². The van der Waals surface area contributed by atoms with E-state index in [1.165, 1.54) is 0 Å². The van der Waals surface area contributed by atoms with Crippen molar-refractivity contribution in [2.24, 2.45) is 5.92 Å². The van der Waals surface area contributed by atoms with Crippen LogP contribution >= 0.6 is 0 Å². The van der Waals surface area contributed by atoms with E-state index in [9.17, 15) is 9.90 Å². The van der Waals surface area contributed by atoms with Crippen LogP contribution < -0.4 is 0 Å². The molecule has 0 aliphatic carbocycles. The number of aliphatic hydroxyl groups is 1. The van der Waals surface area contributed by atoms with Crippen LogP contribution in [-0.2, 0) is 10.3 Å². The molecular weight excluding hydrogens is 290 g/mol. The van der Waals surface area contributed by atoms with Crippen LogP contribution in [0.2, 0.25) is 0 Å². The minimum atomic E-state index is -0.867. The largest absolute Gasteiger partial charge is 0.385 e. The number of rotatable bonds is 4. The molecule has 2 saturated heterocycles. The molecule has 1 N–H and O–H groups in total. The summed E-state index contributed by atoms with van der Waals surface area (Å²) in [7, 11) is 0. The lowest BCUT2D eigenvalue weighted by atomic mass is 9.81. The zero-order valence-electron chi connectivity index (χ0n) is 14.0. The van der Waals surface area contributed by atoms with Crippen LogP contribution in [0.5, 0.6) is 0 Å². The summed E-state index contributed by atoms with van der Waals surface area (Å²) in [5, 5.41) is 11.1. The normalized spacial score (nSPS) is 22.9. The standard InChI is InChI=1S/C19H27NO3/c1-15-2-3-17(14-21)18(12-15)19(22)6-8-20(9-7-19)13-16-4-10-23-11-5-16/h2-3,12,14,16,22H,4-11,13H2,1H3. The number of carbonyl (C=O) groups excluding carboxylic acids is 1. The molecule has 0 radical (unpaired) electrons. The molecule has 4 heteroatoms. The summed E-state index contributed by atoms with van der Waals surface area (Å²) >= 11 is 0. The molecular formula is C19H27NO3. The molecule has 4 nitrogen and oxygen atoms in total. The quantitative estimate of drug-likeness (QED) is 0.867. The highest BCUT2D eigenvalue weighted by atomic mass is 16.5. The number of likely N-dealkylation sites (tertiary alicyclic amines) is 1. The second-order valence-corrected chi connectivity index (χ2v) is 7.10. The molecule has 2 heterocycles. The van der Waals surface area contributed by atoms with Gasteiger partial charge in [-0.2, -0.15) is 0 Å². The van der Waals surface area contributed by atoms with Crippen LogP contribution in [0, 0.1) is 12.8 Å². The minimum Gasteiger partial charge on any atom is -0.385 e. The maximum absolute atomic E-state index is 11.3. The van der Waals surface area contributed by atoms with E-state index in [1.54, 1.807) is 0 Å². The number of hydrogen-bond donors (Lipinski definition) is 1. The highest BCUT2D eigenvalue weighted by molar-refractivity contribution is 5.78. The average Bonchev–Trinajstić information content (AvgIpc) is 2.58. The maximum atomic E-state index is 11.3.